The van der Waals surface area contributed by atoms with E-state index >= 15 is 0 Å². The highest BCUT2D eigenvalue weighted by Crippen LogP contribution is 2.33. The minimum Gasteiger partial charge on any atom is -0.493 e. The second kappa shape index (κ2) is 7.17. The van der Waals surface area contributed by atoms with Crippen LogP contribution in [0.2, 0.25) is 5.02 Å². The Morgan fingerprint density at radius 2 is 1.85 bits per heavy atom. The third-order valence-corrected chi connectivity index (χ3v) is 4.88. The van der Waals surface area contributed by atoms with E-state index in [1.807, 2.05) is 13.0 Å². The van der Waals surface area contributed by atoms with Gasteiger partial charge in [0.05, 0.1) is 6.61 Å². The van der Waals surface area contributed by atoms with Crippen LogP contribution in [0.5, 0.6) is 5.75 Å². The van der Waals surface area contributed by atoms with Gasteiger partial charge in [0, 0.05) is 16.3 Å². The fourth-order valence-corrected chi connectivity index (χ4v) is 3.58. The lowest BCUT2D eigenvalue weighted by Crippen LogP contribution is -2.28. The van der Waals surface area contributed by atoms with E-state index in [9.17, 15) is 0 Å². The third kappa shape index (κ3) is 4.66. The van der Waals surface area contributed by atoms with Crippen LogP contribution in [0.3, 0.4) is 0 Å². The van der Waals surface area contributed by atoms with Crippen molar-refractivity contribution in [2.24, 2.45) is 11.3 Å². The van der Waals surface area contributed by atoms with E-state index in [1.54, 1.807) is 0 Å². The largest absolute Gasteiger partial charge is 0.493 e. The first-order valence-corrected chi connectivity index (χ1v) is 8.65. The number of rotatable bonds is 5. The smallest absolute Gasteiger partial charge is 0.122 e. The molecule has 0 heterocycles. The Labute approximate surface area is 137 Å². The fraction of sp³-hybridized carbons (Fsp3) is 0.647. The molecule has 1 unspecified atom stereocenters. The summed E-state index contributed by atoms with van der Waals surface area (Å²) in [6.07, 6.45) is 0. The Hall–Kier alpha value is -0.210. The molecule has 0 bridgehead atoms. The van der Waals surface area contributed by atoms with Crippen molar-refractivity contribution < 1.29 is 4.74 Å². The van der Waals surface area contributed by atoms with Gasteiger partial charge in [0.2, 0.25) is 0 Å². The van der Waals surface area contributed by atoms with E-state index in [0.717, 1.165) is 33.8 Å². The predicted octanol–water partition coefficient (Wildman–Crippen LogP) is 6.21. The Morgan fingerprint density at radius 3 is 2.30 bits per heavy atom. The number of aryl methyl sites for hydroxylation is 1. The summed E-state index contributed by atoms with van der Waals surface area (Å²) in [4.78, 5) is 0. The lowest BCUT2D eigenvalue weighted by Gasteiger charge is -2.29. The monoisotopic (exact) mass is 360 g/mol. The molecule has 3 heteroatoms. The topological polar surface area (TPSA) is 9.23 Å². The first kappa shape index (κ1) is 17.8. The Bertz CT molecular complexity index is 449. The van der Waals surface area contributed by atoms with Gasteiger partial charge in [0.25, 0.3) is 0 Å². The Balaban J connectivity index is 2.90. The molecule has 0 aliphatic heterocycles. The van der Waals surface area contributed by atoms with Gasteiger partial charge >= 0.3 is 0 Å². The summed E-state index contributed by atoms with van der Waals surface area (Å²) in [6, 6.07) is 4.10. The first-order chi connectivity index (χ1) is 9.16. The number of hydrogen-bond acceptors (Lipinski definition) is 1. The quantitative estimate of drug-likeness (QED) is 0.567. The summed E-state index contributed by atoms with van der Waals surface area (Å²) in [5.74, 6) is 1.83. The van der Waals surface area contributed by atoms with Crippen molar-refractivity contribution >= 4 is 27.5 Å². The molecule has 0 N–H and O–H groups in total. The molecule has 0 radical (unpaired) electrons. The minimum atomic E-state index is 0.227. The number of hydrogen-bond donors (Lipinski definition) is 0. The van der Waals surface area contributed by atoms with Crippen molar-refractivity contribution in [3.8, 4) is 5.75 Å². The maximum absolute atomic E-state index is 6.30. The van der Waals surface area contributed by atoms with E-state index in [0.29, 0.717) is 11.8 Å². The summed E-state index contributed by atoms with van der Waals surface area (Å²) in [6.45, 7) is 13.8. The third-order valence-electron chi connectivity index (χ3n) is 3.77. The normalized spacial score (nSPS) is 13.7. The number of halogens is 2. The summed E-state index contributed by atoms with van der Waals surface area (Å²) >= 11 is 9.89. The van der Waals surface area contributed by atoms with Crippen molar-refractivity contribution in [1.82, 2.24) is 0 Å². The zero-order chi connectivity index (χ0) is 15.5. The summed E-state index contributed by atoms with van der Waals surface area (Å²) in [5, 5.41) is 1.78. The van der Waals surface area contributed by atoms with Gasteiger partial charge in [-0.15, -0.1) is 0 Å². The van der Waals surface area contributed by atoms with Crippen molar-refractivity contribution in [1.29, 1.82) is 0 Å². The van der Waals surface area contributed by atoms with Crippen LogP contribution in [-0.4, -0.2) is 11.9 Å². The van der Waals surface area contributed by atoms with E-state index in [2.05, 4.69) is 56.6 Å². The molecule has 0 saturated heterocycles. The molecule has 0 aromatic heterocycles. The van der Waals surface area contributed by atoms with Crippen LogP contribution in [-0.2, 0) is 0 Å². The second-order valence-electron chi connectivity index (χ2n) is 6.82. The number of ether oxygens (including phenoxy) is 1. The van der Waals surface area contributed by atoms with E-state index < -0.39 is 0 Å². The van der Waals surface area contributed by atoms with Crippen LogP contribution >= 0.6 is 27.5 Å². The molecule has 0 saturated carbocycles. The van der Waals surface area contributed by atoms with Crippen LogP contribution in [0.1, 0.15) is 51.7 Å². The highest BCUT2D eigenvalue weighted by atomic mass is 79.9. The van der Waals surface area contributed by atoms with Gasteiger partial charge in [-0.1, -0.05) is 62.1 Å². The van der Waals surface area contributed by atoms with Gasteiger partial charge in [-0.3, -0.25) is 0 Å². The van der Waals surface area contributed by atoms with Crippen molar-refractivity contribution in [3.63, 3.8) is 0 Å². The molecule has 20 heavy (non-hydrogen) atoms. The molecule has 1 aromatic carbocycles. The zero-order valence-electron chi connectivity index (χ0n) is 13.4. The van der Waals surface area contributed by atoms with E-state index in [-0.39, 0.29) is 5.41 Å². The molecule has 0 aliphatic carbocycles. The van der Waals surface area contributed by atoms with Crippen molar-refractivity contribution in [2.75, 3.05) is 11.9 Å². The Kier molecular flexibility index (Phi) is 6.40. The van der Waals surface area contributed by atoms with Gasteiger partial charge in [0.1, 0.15) is 5.75 Å². The molecule has 1 rings (SSSR count). The van der Waals surface area contributed by atoms with Crippen LogP contribution < -0.4 is 4.74 Å². The predicted molar refractivity (Wildman–Crippen MR) is 92.5 cm³/mol. The minimum absolute atomic E-state index is 0.227. The summed E-state index contributed by atoms with van der Waals surface area (Å²) < 4.78 is 6.07. The molecule has 0 fully saturated rings. The highest BCUT2D eigenvalue weighted by molar-refractivity contribution is 9.09. The lowest BCUT2D eigenvalue weighted by molar-refractivity contribution is 0.165. The van der Waals surface area contributed by atoms with Gasteiger partial charge < -0.3 is 4.74 Å². The number of alkyl halides is 1. The summed E-state index contributed by atoms with van der Waals surface area (Å²) in [5.41, 5.74) is 2.48. The van der Waals surface area contributed by atoms with Crippen LogP contribution in [0.15, 0.2) is 12.1 Å². The fourth-order valence-electron chi connectivity index (χ4n) is 1.98. The first-order valence-electron chi connectivity index (χ1n) is 7.15. The van der Waals surface area contributed by atoms with E-state index in [1.165, 1.54) is 0 Å². The molecule has 1 nitrogen and oxygen atoms in total. The average molecular weight is 362 g/mol. The van der Waals surface area contributed by atoms with Crippen LogP contribution in [0.4, 0.5) is 0 Å². The average Bonchev–Trinajstić information content (AvgIpc) is 2.30. The Morgan fingerprint density at radius 1 is 1.25 bits per heavy atom. The maximum atomic E-state index is 6.30. The highest BCUT2D eigenvalue weighted by Gasteiger charge is 2.24. The molecule has 0 amide bonds. The second-order valence-corrected chi connectivity index (χ2v) is 7.88. The lowest BCUT2D eigenvalue weighted by atomic mass is 9.83. The van der Waals surface area contributed by atoms with Gasteiger partial charge in [-0.05, 0) is 41.5 Å². The van der Waals surface area contributed by atoms with Crippen molar-refractivity contribution in [3.05, 3.63) is 28.3 Å². The van der Waals surface area contributed by atoms with Gasteiger partial charge in [-0.2, -0.15) is 0 Å². The van der Waals surface area contributed by atoms with Gasteiger partial charge in [-0.25, -0.2) is 0 Å². The van der Waals surface area contributed by atoms with E-state index in [4.69, 9.17) is 16.3 Å². The zero-order valence-corrected chi connectivity index (χ0v) is 15.7. The molecule has 1 atom stereocenters. The van der Waals surface area contributed by atoms with Gasteiger partial charge in [0.15, 0.2) is 0 Å². The molecule has 0 aliphatic rings. The standard InChI is InChI=1S/C17H26BrClO/c1-11(2)14-8-16(12(3)7-15(14)19)20-10-13(9-18)17(4,5)6/h7-8,11,13H,9-10H2,1-6H3. The molecular weight excluding hydrogens is 336 g/mol. The molecule has 1 aromatic rings. The van der Waals surface area contributed by atoms with Crippen molar-refractivity contribution in [2.45, 2.75) is 47.5 Å². The van der Waals surface area contributed by atoms with Crippen LogP contribution in [0, 0.1) is 18.3 Å². The molecule has 114 valence electrons. The maximum Gasteiger partial charge on any atom is 0.122 e. The van der Waals surface area contributed by atoms with Crippen LogP contribution in [0.25, 0.3) is 0 Å². The number of benzene rings is 1. The SMILES string of the molecule is Cc1cc(Cl)c(C(C)C)cc1OCC(CBr)C(C)(C)C. The molecule has 0 spiro atoms. The summed E-state index contributed by atoms with van der Waals surface area (Å²) in [7, 11) is 0. The molecular formula is C17H26BrClO.